The van der Waals surface area contributed by atoms with Crippen LogP contribution >= 0.6 is 24.0 Å². The van der Waals surface area contributed by atoms with Crippen molar-refractivity contribution in [3.05, 3.63) is 23.2 Å². The maximum absolute atomic E-state index is 11.8. The van der Waals surface area contributed by atoms with Gasteiger partial charge in [0.1, 0.15) is 0 Å². The maximum Gasteiger partial charge on any atom is 0.243 e. The third-order valence-corrected chi connectivity index (χ3v) is 3.19. The summed E-state index contributed by atoms with van der Waals surface area (Å²) < 4.78 is 5.12. The molecule has 22 heavy (non-hydrogen) atoms. The summed E-state index contributed by atoms with van der Waals surface area (Å²) in [6, 6.07) is 4.36. The van der Waals surface area contributed by atoms with Gasteiger partial charge in [0.05, 0.1) is 30.4 Å². The topological polar surface area (TPSA) is 93.5 Å². The van der Waals surface area contributed by atoms with Crippen LogP contribution in [0.2, 0.25) is 5.02 Å². The molecule has 4 N–H and O–H groups in total. The Bertz CT molecular complexity index is 524. The summed E-state index contributed by atoms with van der Waals surface area (Å²) in [5, 5.41) is 5.50. The van der Waals surface area contributed by atoms with Gasteiger partial charge in [0.25, 0.3) is 0 Å². The minimum atomic E-state index is -0.640. The van der Waals surface area contributed by atoms with Gasteiger partial charge in [0.2, 0.25) is 11.8 Å². The zero-order valence-electron chi connectivity index (χ0n) is 12.7. The number of benzene rings is 1. The van der Waals surface area contributed by atoms with Crippen molar-refractivity contribution in [3.63, 3.8) is 0 Å². The van der Waals surface area contributed by atoms with Gasteiger partial charge in [0.15, 0.2) is 5.75 Å². The molecule has 0 aliphatic carbocycles. The highest BCUT2D eigenvalue weighted by Crippen LogP contribution is 2.32. The van der Waals surface area contributed by atoms with E-state index in [9.17, 15) is 9.59 Å². The molecule has 0 saturated carbocycles. The normalized spacial score (nSPS) is 11.4. The molecule has 0 spiro atoms. The van der Waals surface area contributed by atoms with E-state index in [2.05, 4.69) is 10.6 Å². The van der Waals surface area contributed by atoms with Gasteiger partial charge in [-0.05, 0) is 18.1 Å². The molecule has 0 radical (unpaired) electrons. The van der Waals surface area contributed by atoms with Crippen LogP contribution in [-0.4, -0.2) is 31.5 Å². The lowest BCUT2D eigenvalue weighted by atomic mass is 10.1. The van der Waals surface area contributed by atoms with Crippen molar-refractivity contribution in [2.75, 3.05) is 19.0 Å². The molecule has 1 atom stereocenters. The molecular weight excluding hydrogens is 329 g/mol. The second-order valence-corrected chi connectivity index (χ2v) is 5.26. The fourth-order valence-electron chi connectivity index (χ4n) is 1.60. The minimum absolute atomic E-state index is 0. The van der Waals surface area contributed by atoms with E-state index in [1.165, 1.54) is 7.11 Å². The molecule has 2 amide bonds. The van der Waals surface area contributed by atoms with Gasteiger partial charge in [-0.1, -0.05) is 31.5 Å². The first-order valence-corrected chi connectivity index (χ1v) is 6.90. The summed E-state index contributed by atoms with van der Waals surface area (Å²) in [4.78, 5) is 23.5. The summed E-state index contributed by atoms with van der Waals surface area (Å²) in [6.07, 6.45) is 0. The van der Waals surface area contributed by atoms with Gasteiger partial charge >= 0.3 is 0 Å². The molecule has 0 aliphatic rings. The number of hydrogen-bond acceptors (Lipinski definition) is 4. The Morgan fingerprint density at radius 3 is 2.55 bits per heavy atom. The molecule has 0 aromatic heterocycles. The number of ether oxygens (including phenoxy) is 1. The molecule has 0 fully saturated rings. The van der Waals surface area contributed by atoms with E-state index in [1.807, 2.05) is 13.8 Å². The van der Waals surface area contributed by atoms with Crippen molar-refractivity contribution in [2.45, 2.75) is 19.9 Å². The van der Waals surface area contributed by atoms with Gasteiger partial charge < -0.3 is 21.1 Å². The highest BCUT2D eigenvalue weighted by atomic mass is 35.5. The van der Waals surface area contributed by atoms with Gasteiger partial charge in [-0.15, -0.1) is 12.4 Å². The van der Waals surface area contributed by atoms with Crippen LogP contribution in [0.5, 0.6) is 5.75 Å². The number of rotatable bonds is 6. The molecule has 0 aliphatic heterocycles. The third-order valence-electron chi connectivity index (χ3n) is 2.89. The number of nitrogens with two attached hydrogens (primary N) is 1. The Kier molecular flexibility index (Phi) is 8.86. The molecule has 1 aromatic rings. The Hall–Kier alpha value is -1.50. The van der Waals surface area contributed by atoms with Crippen LogP contribution in [-0.2, 0) is 9.59 Å². The molecule has 0 bridgehead atoms. The number of methoxy groups -OCH3 is 1. The number of para-hydroxylation sites is 1. The van der Waals surface area contributed by atoms with Crippen molar-refractivity contribution in [1.29, 1.82) is 0 Å². The highest BCUT2D eigenvalue weighted by Gasteiger charge is 2.18. The first-order chi connectivity index (χ1) is 9.86. The van der Waals surface area contributed by atoms with Crippen LogP contribution < -0.4 is 21.1 Å². The molecule has 6 nitrogen and oxygen atoms in total. The predicted octanol–water partition coefficient (Wildman–Crippen LogP) is 1.81. The Morgan fingerprint density at radius 2 is 2.00 bits per heavy atom. The lowest BCUT2D eigenvalue weighted by Gasteiger charge is -2.15. The van der Waals surface area contributed by atoms with Crippen LogP contribution in [0, 0.1) is 5.92 Å². The molecule has 1 rings (SSSR count). The second kappa shape index (κ2) is 9.50. The van der Waals surface area contributed by atoms with E-state index in [1.54, 1.807) is 18.2 Å². The number of anilines is 1. The maximum atomic E-state index is 11.8. The zero-order chi connectivity index (χ0) is 16.0. The number of nitrogens with one attached hydrogen (secondary N) is 2. The number of halogens is 2. The monoisotopic (exact) mass is 349 g/mol. The smallest absolute Gasteiger partial charge is 0.243 e. The zero-order valence-corrected chi connectivity index (χ0v) is 14.3. The minimum Gasteiger partial charge on any atom is -0.493 e. The van der Waals surface area contributed by atoms with E-state index in [-0.39, 0.29) is 36.7 Å². The van der Waals surface area contributed by atoms with Crippen LogP contribution in [0.4, 0.5) is 5.69 Å². The number of hydrogen-bond donors (Lipinski definition) is 3. The molecule has 1 aromatic carbocycles. The first kappa shape index (κ1) is 20.5. The van der Waals surface area contributed by atoms with Crippen LogP contribution in [0.25, 0.3) is 0 Å². The third kappa shape index (κ3) is 5.71. The fraction of sp³-hybridized carbons (Fsp3) is 0.429. The van der Waals surface area contributed by atoms with Gasteiger partial charge in [-0.2, -0.15) is 0 Å². The second-order valence-electron chi connectivity index (χ2n) is 4.86. The van der Waals surface area contributed by atoms with Gasteiger partial charge in [0, 0.05) is 0 Å². The van der Waals surface area contributed by atoms with Crippen molar-refractivity contribution in [3.8, 4) is 5.75 Å². The Morgan fingerprint density at radius 1 is 1.36 bits per heavy atom. The van der Waals surface area contributed by atoms with Crippen molar-refractivity contribution in [2.24, 2.45) is 11.7 Å². The molecule has 0 saturated heterocycles. The standard InChI is InChI=1S/C14H20ClN3O3.ClH/c1-8(2)12(16)14(20)17-7-11(19)18-10-6-4-5-9(15)13(10)21-3;/h4-6,8,12H,7,16H2,1-3H3,(H,17,20)(H,18,19);1H/t12-;/m0./s1. The summed E-state index contributed by atoms with van der Waals surface area (Å²) in [5.41, 5.74) is 6.13. The van der Waals surface area contributed by atoms with Crippen molar-refractivity contribution in [1.82, 2.24) is 5.32 Å². The van der Waals surface area contributed by atoms with Crippen molar-refractivity contribution < 1.29 is 14.3 Å². The molecular formula is C14H21Cl2N3O3. The van der Waals surface area contributed by atoms with E-state index in [0.29, 0.717) is 16.5 Å². The summed E-state index contributed by atoms with van der Waals surface area (Å²) in [7, 11) is 1.46. The van der Waals surface area contributed by atoms with Gasteiger partial charge in [-0.25, -0.2) is 0 Å². The predicted molar refractivity (Wildman–Crippen MR) is 89.7 cm³/mol. The number of carbonyl (C=O) groups is 2. The molecule has 0 unspecified atom stereocenters. The van der Waals surface area contributed by atoms with E-state index in [0.717, 1.165) is 0 Å². The average Bonchev–Trinajstić information content (AvgIpc) is 2.44. The summed E-state index contributed by atoms with van der Waals surface area (Å²) in [6.45, 7) is 3.50. The molecule has 0 heterocycles. The first-order valence-electron chi connectivity index (χ1n) is 6.52. The van der Waals surface area contributed by atoms with E-state index < -0.39 is 6.04 Å². The molecule has 8 heteroatoms. The average molecular weight is 350 g/mol. The fourth-order valence-corrected chi connectivity index (χ4v) is 1.85. The SMILES string of the molecule is COc1c(Cl)cccc1NC(=O)CNC(=O)[C@@H](N)C(C)C.Cl. The largest absolute Gasteiger partial charge is 0.493 e. The Balaban J connectivity index is 0.00000441. The number of amides is 2. The van der Waals surface area contributed by atoms with Crippen LogP contribution in [0.15, 0.2) is 18.2 Å². The van der Waals surface area contributed by atoms with Crippen LogP contribution in [0.3, 0.4) is 0 Å². The summed E-state index contributed by atoms with van der Waals surface area (Å²) >= 11 is 5.95. The molecule has 124 valence electrons. The lowest BCUT2D eigenvalue weighted by Crippen LogP contribution is -2.46. The quantitative estimate of drug-likeness (QED) is 0.729. The lowest BCUT2D eigenvalue weighted by molar-refractivity contribution is -0.125. The van der Waals surface area contributed by atoms with E-state index >= 15 is 0 Å². The van der Waals surface area contributed by atoms with Gasteiger partial charge in [-0.3, -0.25) is 9.59 Å². The number of carbonyl (C=O) groups excluding carboxylic acids is 2. The summed E-state index contributed by atoms with van der Waals surface area (Å²) in [5.74, 6) is -0.378. The van der Waals surface area contributed by atoms with Crippen molar-refractivity contribution >= 4 is 41.5 Å². The highest BCUT2D eigenvalue weighted by molar-refractivity contribution is 6.32. The Labute approximate surface area is 141 Å². The van der Waals surface area contributed by atoms with E-state index in [4.69, 9.17) is 22.1 Å². The van der Waals surface area contributed by atoms with Crippen LogP contribution in [0.1, 0.15) is 13.8 Å².